The van der Waals surface area contributed by atoms with E-state index in [4.69, 9.17) is 0 Å². The average molecular weight is 309 g/mol. The minimum Gasteiger partial charge on any atom is -0.345 e. The Hall–Kier alpha value is -1.39. The molecule has 0 unspecified atom stereocenters. The number of hydrogen-bond donors (Lipinski definition) is 1. The van der Waals surface area contributed by atoms with Crippen LogP contribution in [0, 0.1) is 0 Å². The molecule has 0 aliphatic carbocycles. The molecular weight excluding hydrogens is 294 g/mol. The third-order valence-corrected chi connectivity index (χ3v) is 4.61. The molecule has 10 heteroatoms. The second kappa shape index (κ2) is 4.94. The van der Waals surface area contributed by atoms with Crippen molar-refractivity contribution in [3.05, 3.63) is 18.0 Å². The third kappa shape index (κ3) is 3.55. The predicted molar refractivity (Wildman–Crippen MR) is 68.6 cm³/mol. The molecule has 0 saturated heterocycles. The first kappa shape index (κ1) is 15.7. The smallest absolute Gasteiger partial charge is 0.281 e. The molecule has 19 heavy (non-hydrogen) atoms. The highest BCUT2D eigenvalue weighted by atomic mass is 32.2. The summed E-state index contributed by atoms with van der Waals surface area (Å²) in [5, 5.41) is 0. The van der Waals surface area contributed by atoms with Crippen LogP contribution in [0.4, 0.5) is 0 Å². The highest BCUT2D eigenvalue weighted by molar-refractivity contribution is 7.89. The van der Waals surface area contributed by atoms with Gasteiger partial charge in [-0.25, -0.2) is 25.9 Å². The van der Waals surface area contributed by atoms with E-state index in [1.165, 1.54) is 31.9 Å². The molecular formula is C9H15N3O5S2. The number of amides is 1. The zero-order valence-electron chi connectivity index (χ0n) is 10.9. The minimum absolute atomic E-state index is 0.0640. The molecule has 0 aliphatic heterocycles. The van der Waals surface area contributed by atoms with Gasteiger partial charge in [0, 0.05) is 27.3 Å². The summed E-state index contributed by atoms with van der Waals surface area (Å²) in [7, 11) is -3.21. The van der Waals surface area contributed by atoms with Gasteiger partial charge in [-0.1, -0.05) is 0 Å². The molecule has 1 amide bonds. The molecule has 0 aliphatic rings. The van der Waals surface area contributed by atoms with Crippen molar-refractivity contribution < 1.29 is 21.6 Å². The zero-order chi connectivity index (χ0) is 15.0. The maximum atomic E-state index is 11.9. The van der Waals surface area contributed by atoms with E-state index in [-0.39, 0.29) is 10.6 Å². The Bertz CT molecular complexity index is 700. The van der Waals surface area contributed by atoms with Gasteiger partial charge in [0.15, 0.2) is 0 Å². The molecule has 0 aromatic carbocycles. The lowest BCUT2D eigenvalue weighted by Gasteiger charge is -2.08. The maximum absolute atomic E-state index is 11.9. The summed E-state index contributed by atoms with van der Waals surface area (Å²) in [6, 6.07) is 1.12. The van der Waals surface area contributed by atoms with Gasteiger partial charge in [0.2, 0.25) is 20.0 Å². The molecule has 1 aromatic heterocycles. The van der Waals surface area contributed by atoms with Crippen LogP contribution in [0.2, 0.25) is 0 Å². The Kier molecular flexibility index (Phi) is 4.08. The fraction of sp³-hybridized carbons (Fsp3) is 0.444. The molecule has 1 heterocycles. The molecule has 1 aromatic rings. The lowest BCUT2D eigenvalue weighted by Crippen LogP contribution is -2.30. The molecule has 8 nitrogen and oxygen atoms in total. The summed E-state index contributed by atoms with van der Waals surface area (Å²) in [6.07, 6.45) is 2.08. The maximum Gasteiger partial charge on any atom is 0.281 e. The number of nitrogens with one attached hydrogen (secondary N) is 1. The van der Waals surface area contributed by atoms with E-state index in [1.807, 2.05) is 0 Å². The van der Waals surface area contributed by atoms with Crippen molar-refractivity contribution in [2.75, 3.05) is 20.4 Å². The van der Waals surface area contributed by atoms with Crippen LogP contribution in [0.1, 0.15) is 10.5 Å². The van der Waals surface area contributed by atoms with E-state index in [2.05, 4.69) is 0 Å². The van der Waals surface area contributed by atoms with Gasteiger partial charge in [0.1, 0.15) is 10.6 Å². The summed E-state index contributed by atoms with van der Waals surface area (Å²) < 4.78 is 49.7. The van der Waals surface area contributed by atoms with E-state index in [0.717, 1.165) is 16.6 Å². The van der Waals surface area contributed by atoms with Crippen LogP contribution < -0.4 is 4.72 Å². The fourth-order valence-electron chi connectivity index (χ4n) is 1.33. The van der Waals surface area contributed by atoms with Crippen molar-refractivity contribution in [3.8, 4) is 0 Å². The van der Waals surface area contributed by atoms with Crippen LogP contribution >= 0.6 is 0 Å². The van der Waals surface area contributed by atoms with E-state index in [9.17, 15) is 21.6 Å². The lowest BCUT2D eigenvalue weighted by molar-refractivity contribution is 0.0974. The Labute approximate surface area is 112 Å². The third-order valence-electron chi connectivity index (χ3n) is 2.27. The fourth-order valence-corrected chi connectivity index (χ4v) is 2.75. The monoisotopic (exact) mass is 309 g/mol. The van der Waals surface area contributed by atoms with Crippen LogP contribution in [-0.2, 0) is 27.1 Å². The molecule has 1 rings (SSSR count). The molecule has 1 N–H and O–H groups in total. The Morgan fingerprint density at radius 1 is 1.26 bits per heavy atom. The zero-order valence-corrected chi connectivity index (χ0v) is 12.5. The molecule has 0 atom stereocenters. The summed E-state index contributed by atoms with van der Waals surface area (Å²) >= 11 is 0. The van der Waals surface area contributed by atoms with Gasteiger partial charge in [-0.3, -0.25) is 4.79 Å². The second-order valence-electron chi connectivity index (χ2n) is 4.16. The summed E-state index contributed by atoms with van der Waals surface area (Å²) in [5.74, 6) is -0.884. The normalized spacial score (nSPS) is 12.7. The van der Waals surface area contributed by atoms with Gasteiger partial charge in [-0.2, -0.15) is 0 Å². The SMILES string of the molecule is CN(C)S(=O)(=O)c1cc(C(=O)NS(C)(=O)=O)n(C)c1. The van der Waals surface area contributed by atoms with Gasteiger partial charge < -0.3 is 4.57 Å². The number of carbonyl (C=O) groups is 1. The predicted octanol–water partition coefficient (Wildman–Crippen LogP) is -1.04. The van der Waals surface area contributed by atoms with E-state index in [1.54, 1.807) is 4.72 Å². The quantitative estimate of drug-likeness (QED) is 0.765. The van der Waals surface area contributed by atoms with Gasteiger partial charge in [-0.15, -0.1) is 0 Å². The number of aryl methyl sites for hydroxylation is 1. The van der Waals surface area contributed by atoms with Crippen molar-refractivity contribution in [1.82, 2.24) is 13.6 Å². The van der Waals surface area contributed by atoms with Crippen molar-refractivity contribution in [2.45, 2.75) is 4.90 Å². The Balaban J connectivity index is 3.22. The van der Waals surface area contributed by atoms with Gasteiger partial charge in [-0.05, 0) is 6.07 Å². The number of sulfonamides is 2. The van der Waals surface area contributed by atoms with Crippen molar-refractivity contribution in [3.63, 3.8) is 0 Å². The summed E-state index contributed by atoms with van der Waals surface area (Å²) in [4.78, 5) is 11.6. The number of nitrogens with zero attached hydrogens (tertiary/aromatic N) is 2. The van der Waals surface area contributed by atoms with Gasteiger partial charge in [0.25, 0.3) is 5.91 Å². The standard InChI is InChI=1S/C9H15N3O5S2/c1-11(2)19(16,17)7-5-8(12(3)6-7)9(13)10-18(4,14)15/h5-6H,1-4H3,(H,10,13). The first-order chi connectivity index (χ1) is 8.45. The largest absolute Gasteiger partial charge is 0.345 e. The van der Waals surface area contributed by atoms with Crippen molar-refractivity contribution in [2.24, 2.45) is 7.05 Å². The number of rotatable bonds is 4. The van der Waals surface area contributed by atoms with E-state index < -0.39 is 26.0 Å². The Morgan fingerprint density at radius 3 is 2.21 bits per heavy atom. The highest BCUT2D eigenvalue weighted by Crippen LogP contribution is 2.16. The van der Waals surface area contributed by atoms with Crippen LogP contribution in [0.25, 0.3) is 0 Å². The number of hydrogen-bond acceptors (Lipinski definition) is 5. The van der Waals surface area contributed by atoms with Crippen molar-refractivity contribution >= 4 is 26.0 Å². The lowest BCUT2D eigenvalue weighted by atomic mass is 10.4. The topological polar surface area (TPSA) is 106 Å². The molecule has 0 spiro atoms. The number of carbonyl (C=O) groups excluding carboxylic acids is 1. The Morgan fingerprint density at radius 2 is 1.79 bits per heavy atom. The second-order valence-corrected chi connectivity index (χ2v) is 8.06. The summed E-state index contributed by atoms with van der Waals surface area (Å²) in [5.41, 5.74) is -0.0640. The molecule has 0 bridgehead atoms. The van der Waals surface area contributed by atoms with Crippen LogP contribution in [0.5, 0.6) is 0 Å². The highest BCUT2D eigenvalue weighted by Gasteiger charge is 2.23. The van der Waals surface area contributed by atoms with Gasteiger partial charge in [0.05, 0.1) is 6.26 Å². The minimum atomic E-state index is -3.70. The van der Waals surface area contributed by atoms with Crippen molar-refractivity contribution in [1.29, 1.82) is 0 Å². The molecule has 108 valence electrons. The van der Waals surface area contributed by atoms with Gasteiger partial charge >= 0.3 is 0 Å². The average Bonchev–Trinajstić information content (AvgIpc) is 2.57. The van der Waals surface area contributed by atoms with Crippen LogP contribution in [-0.4, -0.2) is 52.0 Å². The molecule has 0 saturated carbocycles. The first-order valence-electron chi connectivity index (χ1n) is 5.06. The number of aromatic nitrogens is 1. The van der Waals surface area contributed by atoms with E-state index >= 15 is 0 Å². The van der Waals surface area contributed by atoms with E-state index in [0.29, 0.717) is 0 Å². The molecule has 0 radical (unpaired) electrons. The summed E-state index contributed by atoms with van der Waals surface area (Å²) in [6.45, 7) is 0. The molecule has 0 fully saturated rings. The first-order valence-corrected chi connectivity index (χ1v) is 8.39. The van der Waals surface area contributed by atoms with Crippen LogP contribution in [0.3, 0.4) is 0 Å². The van der Waals surface area contributed by atoms with Crippen LogP contribution in [0.15, 0.2) is 17.2 Å².